The molecule has 0 heterocycles. The molecule has 0 unspecified atom stereocenters. The summed E-state index contributed by atoms with van der Waals surface area (Å²) in [5, 5.41) is 15.3. The second-order valence-electron chi connectivity index (χ2n) is 5.07. The Balaban J connectivity index is 0.00000264. The molecule has 0 saturated heterocycles. The van der Waals surface area contributed by atoms with Gasteiger partial charge in [-0.3, -0.25) is 0 Å². The molecule has 4 heteroatoms. The zero-order chi connectivity index (χ0) is 15.8. The summed E-state index contributed by atoms with van der Waals surface area (Å²) >= 11 is 0. The lowest BCUT2D eigenvalue weighted by Crippen LogP contribution is -2.18. The zero-order valence-corrected chi connectivity index (χ0v) is 13.0. The average Bonchev–Trinajstić information content (AvgIpc) is 2.59. The van der Waals surface area contributed by atoms with Gasteiger partial charge in [0.05, 0.1) is 17.7 Å². The first-order chi connectivity index (χ1) is 10.8. The predicted molar refractivity (Wildman–Crippen MR) is 92.8 cm³/mol. The van der Waals surface area contributed by atoms with Crippen LogP contribution in [0, 0.1) is 11.3 Å². The van der Waals surface area contributed by atoms with E-state index >= 15 is 0 Å². The van der Waals surface area contributed by atoms with Crippen LogP contribution in [0.3, 0.4) is 0 Å². The molecule has 22 heavy (non-hydrogen) atoms. The molecule has 1 atom stereocenters. The van der Waals surface area contributed by atoms with Crippen LogP contribution in [0.25, 0.3) is 0 Å². The Morgan fingerprint density at radius 3 is 2.36 bits per heavy atom. The maximum Gasteiger partial charge on any atom is 0.0991 e. The molecule has 0 aliphatic rings. The van der Waals surface area contributed by atoms with E-state index in [4.69, 9.17) is 10.00 Å². The third-order valence-electron chi connectivity index (χ3n) is 3.54. The number of likely N-dealkylation sites (N-methyl/N-ethyl adjacent to an activating group) is 1. The van der Waals surface area contributed by atoms with Crippen molar-refractivity contribution in [3.8, 4) is 6.07 Å². The summed E-state index contributed by atoms with van der Waals surface area (Å²) in [6.45, 7) is 1.52. The first-order valence-corrected chi connectivity index (χ1v) is 7.27. The van der Waals surface area contributed by atoms with E-state index in [-0.39, 0.29) is 8.96 Å². The highest BCUT2D eigenvalue weighted by Gasteiger charge is 2.08. The van der Waals surface area contributed by atoms with Crippen LogP contribution in [-0.4, -0.2) is 20.7 Å². The minimum atomic E-state index is 0. The van der Waals surface area contributed by atoms with Gasteiger partial charge in [0.15, 0.2) is 0 Å². The number of hydrogen-bond donors (Lipinski definition) is 2. The second kappa shape index (κ2) is 8.18. The molecule has 0 radical (unpaired) electrons. The Hall–Kier alpha value is -2.35. The minimum absolute atomic E-state index is 0. The third-order valence-corrected chi connectivity index (χ3v) is 3.54. The summed E-state index contributed by atoms with van der Waals surface area (Å²) in [4.78, 5) is 0. The maximum atomic E-state index is 8.79. The topological polar surface area (TPSA) is 57.1 Å². The molecule has 0 aliphatic heterocycles. The van der Waals surface area contributed by atoms with E-state index in [9.17, 15) is 0 Å². The largest absolute Gasteiger partial charge is 0.381 e. The Morgan fingerprint density at radius 1 is 1.14 bits per heavy atom. The standard InChI is InChI=1S/C18H21N3O.2H2/c1-20-13-18(22-2)16-7-9-17(10-8-16)21-12-15-5-3-14(11-19)4-6-15;;/h3-10,18,20-21H,12-13H2,1-2H3;2*1H/t18-;;/m1../s1. The number of nitrogens with zero attached hydrogens (tertiary/aromatic N) is 1. The summed E-state index contributed by atoms with van der Waals surface area (Å²) in [5.74, 6) is 0. The van der Waals surface area contributed by atoms with Crippen molar-refractivity contribution >= 4 is 5.69 Å². The van der Waals surface area contributed by atoms with Gasteiger partial charge < -0.3 is 15.4 Å². The van der Waals surface area contributed by atoms with Gasteiger partial charge in [0.1, 0.15) is 0 Å². The molecule has 118 valence electrons. The highest BCUT2D eigenvalue weighted by molar-refractivity contribution is 5.46. The number of nitrogens with one attached hydrogen (secondary N) is 2. The lowest BCUT2D eigenvalue weighted by atomic mass is 10.1. The molecule has 0 aliphatic carbocycles. The van der Waals surface area contributed by atoms with Gasteiger partial charge in [-0.1, -0.05) is 24.3 Å². The Morgan fingerprint density at radius 2 is 1.82 bits per heavy atom. The van der Waals surface area contributed by atoms with Gasteiger partial charge in [-0.15, -0.1) is 0 Å². The van der Waals surface area contributed by atoms with Crippen molar-refractivity contribution in [1.82, 2.24) is 5.32 Å². The Labute approximate surface area is 134 Å². The van der Waals surface area contributed by atoms with E-state index in [0.29, 0.717) is 5.56 Å². The highest BCUT2D eigenvalue weighted by atomic mass is 16.5. The average molecular weight is 299 g/mol. The fourth-order valence-corrected chi connectivity index (χ4v) is 2.24. The molecule has 0 aromatic heterocycles. The zero-order valence-electron chi connectivity index (χ0n) is 13.0. The molecule has 2 N–H and O–H groups in total. The molecule has 0 bridgehead atoms. The maximum absolute atomic E-state index is 8.79. The van der Waals surface area contributed by atoms with Crippen LogP contribution < -0.4 is 10.6 Å². The van der Waals surface area contributed by atoms with Crippen molar-refractivity contribution in [3.63, 3.8) is 0 Å². The second-order valence-corrected chi connectivity index (χ2v) is 5.07. The highest BCUT2D eigenvalue weighted by Crippen LogP contribution is 2.19. The van der Waals surface area contributed by atoms with Crippen LogP contribution in [0.1, 0.15) is 25.6 Å². The number of nitriles is 1. The third kappa shape index (κ3) is 4.32. The van der Waals surface area contributed by atoms with Crippen LogP contribution in [0.5, 0.6) is 0 Å². The van der Waals surface area contributed by atoms with E-state index in [0.717, 1.165) is 29.9 Å². The molecular formula is C18H25N3O. The summed E-state index contributed by atoms with van der Waals surface area (Å²) < 4.78 is 5.46. The molecule has 0 amide bonds. The van der Waals surface area contributed by atoms with E-state index in [1.165, 1.54) is 0 Å². The SMILES string of the molecule is CNC[C@@H](OC)c1ccc(NCc2ccc(C#N)cc2)cc1.[HH].[HH]. The van der Waals surface area contributed by atoms with Gasteiger partial charge in [-0.25, -0.2) is 0 Å². The molecule has 0 spiro atoms. The van der Waals surface area contributed by atoms with E-state index < -0.39 is 0 Å². The summed E-state index contributed by atoms with van der Waals surface area (Å²) in [7, 11) is 3.64. The van der Waals surface area contributed by atoms with Crippen molar-refractivity contribution in [2.75, 3.05) is 26.0 Å². The minimum Gasteiger partial charge on any atom is -0.381 e. The number of ether oxygens (including phenoxy) is 1. The van der Waals surface area contributed by atoms with Gasteiger partial charge in [0.2, 0.25) is 0 Å². The van der Waals surface area contributed by atoms with Crippen molar-refractivity contribution in [1.29, 1.82) is 5.26 Å². The van der Waals surface area contributed by atoms with Gasteiger partial charge in [0, 0.05) is 28.7 Å². The van der Waals surface area contributed by atoms with E-state index in [1.807, 2.05) is 31.3 Å². The summed E-state index contributed by atoms with van der Waals surface area (Å²) in [5.41, 5.74) is 4.05. The molecule has 0 fully saturated rings. The van der Waals surface area contributed by atoms with Crippen molar-refractivity contribution in [3.05, 3.63) is 65.2 Å². The summed E-state index contributed by atoms with van der Waals surface area (Å²) in [6, 6.07) is 18.0. The van der Waals surface area contributed by atoms with Crippen molar-refractivity contribution < 1.29 is 7.59 Å². The number of methoxy groups -OCH3 is 1. The molecular weight excluding hydrogens is 274 g/mol. The van der Waals surface area contributed by atoms with Gasteiger partial charge in [-0.05, 0) is 42.4 Å². The predicted octanol–water partition coefficient (Wildman–Crippen LogP) is 3.57. The van der Waals surface area contributed by atoms with Crippen molar-refractivity contribution in [2.24, 2.45) is 0 Å². The van der Waals surface area contributed by atoms with Crippen LogP contribution in [-0.2, 0) is 11.3 Å². The lowest BCUT2D eigenvalue weighted by Gasteiger charge is -2.16. The quantitative estimate of drug-likeness (QED) is 0.820. The fourth-order valence-electron chi connectivity index (χ4n) is 2.24. The van der Waals surface area contributed by atoms with Crippen LogP contribution in [0.4, 0.5) is 5.69 Å². The van der Waals surface area contributed by atoms with E-state index in [2.05, 4.69) is 41.0 Å². The molecule has 4 nitrogen and oxygen atoms in total. The normalized spacial score (nSPS) is 11.7. The smallest absolute Gasteiger partial charge is 0.0991 e. The first kappa shape index (κ1) is 16.0. The molecule has 2 rings (SSSR count). The molecule has 0 saturated carbocycles. The number of benzene rings is 2. The number of hydrogen-bond acceptors (Lipinski definition) is 4. The van der Waals surface area contributed by atoms with E-state index in [1.54, 1.807) is 7.11 Å². The Bertz CT molecular complexity index is 624. The summed E-state index contributed by atoms with van der Waals surface area (Å²) in [6.07, 6.45) is 0.0672. The van der Waals surface area contributed by atoms with Crippen LogP contribution in [0.2, 0.25) is 0 Å². The van der Waals surface area contributed by atoms with Gasteiger partial charge in [0.25, 0.3) is 0 Å². The Kier molecular flexibility index (Phi) is 5.96. The molecule has 2 aromatic rings. The fraction of sp³-hybridized carbons (Fsp3) is 0.278. The number of rotatable bonds is 7. The first-order valence-electron chi connectivity index (χ1n) is 7.27. The van der Waals surface area contributed by atoms with Gasteiger partial charge in [-0.2, -0.15) is 5.26 Å². The monoisotopic (exact) mass is 299 g/mol. The number of anilines is 1. The van der Waals surface area contributed by atoms with Crippen LogP contribution in [0.15, 0.2) is 48.5 Å². The van der Waals surface area contributed by atoms with Crippen LogP contribution >= 0.6 is 0 Å². The van der Waals surface area contributed by atoms with Gasteiger partial charge >= 0.3 is 0 Å². The lowest BCUT2D eigenvalue weighted by molar-refractivity contribution is 0.104. The molecule has 2 aromatic carbocycles. The van der Waals surface area contributed by atoms with Crippen molar-refractivity contribution in [2.45, 2.75) is 12.6 Å².